The summed E-state index contributed by atoms with van der Waals surface area (Å²) in [7, 11) is 0. The van der Waals surface area contributed by atoms with Gasteiger partial charge in [0.1, 0.15) is 11.6 Å². The molecular formula is C26H17ClFNO2. The first-order chi connectivity index (χ1) is 15.1. The van der Waals surface area contributed by atoms with Crippen molar-refractivity contribution >= 4 is 40.3 Å². The van der Waals surface area contributed by atoms with Crippen LogP contribution in [0.25, 0.3) is 22.7 Å². The summed E-state index contributed by atoms with van der Waals surface area (Å²) in [6.45, 7) is 0.597. The van der Waals surface area contributed by atoms with Crippen molar-refractivity contribution in [2.45, 2.75) is 6.54 Å². The highest BCUT2D eigenvalue weighted by atomic mass is 35.5. The number of para-hydroxylation sites is 1. The summed E-state index contributed by atoms with van der Waals surface area (Å²) >= 11 is 5.95. The first-order valence-corrected chi connectivity index (χ1v) is 10.2. The molecule has 4 aromatic rings. The van der Waals surface area contributed by atoms with E-state index in [0.717, 1.165) is 27.6 Å². The van der Waals surface area contributed by atoms with Gasteiger partial charge in [-0.2, -0.15) is 0 Å². The molecule has 0 fully saturated rings. The van der Waals surface area contributed by atoms with Crippen LogP contribution >= 0.6 is 11.6 Å². The molecule has 0 unspecified atom stereocenters. The molecule has 31 heavy (non-hydrogen) atoms. The second-order valence-electron chi connectivity index (χ2n) is 7.36. The maximum Gasteiger partial charge on any atom is 0.343 e. The van der Waals surface area contributed by atoms with Gasteiger partial charge in [0.05, 0.1) is 5.57 Å². The summed E-state index contributed by atoms with van der Waals surface area (Å²) in [4.78, 5) is 12.5. The zero-order chi connectivity index (χ0) is 21.4. The number of rotatable bonds is 4. The number of cyclic esters (lactones) is 1. The number of benzene rings is 3. The summed E-state index contributed by atoms with van der Waals surface area (Å²) in [6.07, 6.45) is 5.59. The van der Waals surface area contributed by atoms with E-state index >= 15 is 0 Å². The minimum atomic E-state index is -0.389. The van der Waals surface area contributed by atoms with E-state index in [1.165, 1.54) is 12.1 Å². The summed E-state index contributed by atoms with van der Waals surface area (Å²) < 4.78 is 20.8. The van der Waals surface area contributed by atoms with Gasteiger partial charge in [-0.3, -0.25) is 0 Å². The van der Waals surface area contributed by atoms with Crippen molar-refractivity contribution < 1.29 is 13.9 Å². The molecule has 0 radical (unpaired) electrons. The number of carbonyl (C=O) groups is 1. The smallest absolute Gasteiger partial charge is 0.343 e. The summed E-state index contributed by atoms with van der Waals surface area (Å²) in [5.74, 6) is -0.141. The lowest BCUT2D eigenvalue weighted by Crippen LogP contribution is -1.98. The van der Waals surface area contributed by atoms with Gasteiger partial charge in [0.15, 0.2) is 0 Å². The quantitative estimate of drug-likeness (QED) is 0.275. The predicted octanol–water partition coefficient (Wildman–Crippen LogP) is 6.46. The molecule has 0 saturated heterocycles. The maximum atomic E-state index is 13.3. The third-order valence-electron chi connectivity index (χ3n) is 5.25. The Morgan fingerprint density at radius 2 is 1.71 bits per heavy atom. The van der Waals surface area contributed by atoms with Crippen molar-refractivity contribution in [2.75, 3.05) is 0 Å². The molecule has 0 atom stereocenters. The lowest BCUT2D eigenvalue weighted by Gasteiger charge is -2.05. The topological polar surface area (TPSA) is 31.2 Å². The Bertz CT molecular complexity index is 1350. The largest absolute Gasteiger partial charge is 0.422 e. The SMILES string of the molecule is O=C1OC(c2ccc(Cl)cc2)=C/C1=C\c1cn(Cc2ccc(F)cc2)c2ccccc12. The predicted molar refractivity (Wildman–Crippen MR) is 121 cm³/mol. The lowest BCUT2D eigenvalue weighted by atomic mass is 10.1. The van der Waals surface area contributed by atoms with Crippen LogP contribution in [0.2, 0.25) is 5.02 Å². The van der Waals surface area contributed by atoms with Gasteiger partial charge >= 0.3 is 5.97 Å². The first kappa shape index (κ1) is 19.3. The zero-order valence-electron chi connectivity index (χ0n) is 16.4. The number of hydrogen-bond donors (Lipinski definition) is 0. The van der Waals surface area contributed by atoms with Crippen LogP contribution in [0.4, 0.5) is 4.39 Å². The highest BCUT2D eigenvalue weighted by molar-refractivity contribution is 6.30. The number of aromatic nitrogens is 1. The van der Waals surface area contributed by atoms with Gasteiger partial charge in [0.25, 0.3) is 0 Å². The van der Waals surface area contributed by atoms with E-state index in [2.05, 4.69) is 4.57 Å². The van der Waals surface area contributed by atoms with Crippen LogP contribution in [-0.4, -0.2) is 10.5 Å². The Hall–Kier alpha value is -3.63. The number of carbonyl (C=O) groups excluding carboxylic acids is 1. The molecule has 3 aromatic carbocycles. The fraction of sp³-hybridized carbons (Fsp3) is 0.0385. The van der Waals surface area contributed by atoms with Crippen molar-refractivity contribution in [3.05, 3.63) is 118 Å². The molecule has 1 aliphatic heterocycles. The van der Waals surface area contributed by atoms with E-state index < -0.39 is 0 Å². The fourth-order valence-electron chi connectivity index (χ4n) is 3.72. The minimum Gasteiger partial charge on any atom is -0.422 e. The van der Waals surface area contributed by atoms with E-state index in [0.29, 0.717) is 22.9 Å². The molecule has 1 aliphatic rings. The molecule has 0 spiro atoms. The Labute approximate surface area is 183 Å². The van der Waals surface area contributed by atoms with Gasteiger partial charge in [0, 0.05) is 39.8 Å². The number of nitrogens with zero attached hydrogens (tertiary/aromatic N) is 1. The second kappa shape index (κ2) is 7.89. The molecule has 0 N–H and O–H groups in total. The number of esters is 1. The van der Waals surface area contributed by atoms with Gasteiger partial charge in [-0.05, 0) is 60.2 Å². The Kier molecular flexibility index (Phi) is 4.92. The Balaban J connectivity index is 1.52. The molecule has 0 amide bonds. The number of halogens is 2. The van der Waals surface area contributed by atoms with Crippen molar-refractivity contribution in [3.8, 4) is 0 Å². The van der Waals surface area contributed by atoms with Crippen LogP contribution in [0.3, 0.4) is 0 Å². The summed E-state index contributed by atoms with van der Waals surface area (Å²) in [5, 5.41) is 1.65. The summed E-state index contributed by atoms with van der Waals surface area (Å²) in [5.41, 5.74) is 4.21. The van der Waals surface area contributed by atoms with Crippen LogP contribution < -0.4 is 0 Å². The highest BCUT2D eigenvalue weighted by Crippen LogP contribution is 2.30. The van der Waals surface area contributed by atoms with Gasteiger partial charge in [-0.25, -0.2) is 9.18 Å². The van der Waals surface area contributed by atoms with Gasteiger partial charge in [-0.1, -0.05) is 41.9 Å². The van der Waals surface area contributed by atoms with E-state index in [1.807, 2.05) is 48.7 Å². The normalized spacial score (nSPS) is 14.8. The third-order valence-corrected chi connectivity index (χ3v) is 5.50. The van der Waals surface area contributed by atoms with Crippen molar-refractivity contribution in [1.82, 2.24) is 4.57 Å². The number of fused-ring (bicyclic) bond motifs is 1. The molecule has 3 nitrogen and oxygen atoms in total. The van der Waals surface area contributed by atoms with Gasteiger partial charge in [-0.15, -0.1) is 0 Å². The maximum absolute atomic E-state index is 13.3. The second-order valence-corrected chi connectivity index (χ2v) is 7.80. The van der Waals surface area contributed by atoms with Crippen molar-refractivity contribution in [1.29, 1.82) is 0 Å². The van der Waals surface area contributed by atoms with Gasteiger partial charge < -0.3 is 9.30 Å². The van der Waals surface area contributed by atoms with E-state index in [4.69, 9.17) is 16.3 Å². The molecular weight excluding hydrogens is 413 g/mol. The standard InChI is InChI=1S/C26H17ClFNO2/c27-21-9-7-18(8-10-21)25-14-19(26(30)31-25)13-20-16-29(24-4-2-1-3-23(20)24)15-17-5-11-22(28)12-6-17/h1-14,16H,15H2/b19-13+. The average Bonchev–Trinajstić information content (AvgIpc) is 3.31. The highest BCUT2D eigenvalue weighted by Gasteiger charge is 2.22. The Morgan fingerprint density at radius 1 is 0.968 bits per heavy atom. The first-order valence-electron chi connectivity index (χ1n) is 9.81. The molecule has 0 aliphatic carbocycles. The number of ether oxygens (including phenoxy) is 1. The molecule has 2 heterocycles. The molecule has 0 saturated carbocycles. The molecule has 5 heteroatoms. The van der Waals surface area contributed by atoms with E-state index in [9.17, 15) is 9.18 Å². The fourth-order valence-corrected chi connectivity index (χ4v) is 3.85. The van der Waals surface area contributed by atoms with Crippen LogP contribution in [0, 0.1) is 5.82 Å². The van der Waals surface area contributed by atoms with Crippen LogP contribution in [-0.2, 0) is 16.1 Å². The van der Waals surface area contributed by atoms with E-state index in [1.54, 1.807) is 30.3 Å². The molecule has 1 aromatic heterocycles. The monoisotopic (exact) mass is 429 g/mol. The zero-order valence-corrected chi connectivity index (χ0v) is 17.1. The van der Waals surface area contributed by atoms with E-state index in [-0.39, 0.29) is 11.8 Å². The molecule has 5 rings (SSSR count). The lowest BCUT2D eigenvalue weighted by molar-refractivity contribution is -0.130. The average molecular weight is 430 g/mol. The minimum absolute atomic E-state index is 0.255. The van der Waals surface area contributed by atoms with Gasteiger partial charge in [0.2, 0.25) is 0 Å². The van der Waals surface area contributed by atoms with Crippen molar-refractivity contribution in [2.24, 2.45) is 0 Å². The Morgan fingerprint density at radius 3 is 2.48 bits per heavy atom. The summed E-state index contributed by atoms with van der Waals surface area (Å²) in [6, 6.07) is 21.6. The number of hydrogen-bond acceptors (Lipinski definition) is 2. The van der Waals surface area contributed by atoms with Crippen molar-refractivity contribution in [3.63, 3.8) is 0 Å². The van der Waals surface area contributed by atoms with Crippen LogP contribution in [0.5, 0.6) is 0 Å². The van der Waals surface area contributed by atoms with Crippen LogP contribution in [0.15, 0.2) is 90.6 Å². The van der Waals surface area contributed by atoms with Crippen LogP contribution in [0.1, 0.15) is 16.7 Å². The molecule has 0 bridgehead atoms. The third kappa shape index (κ3) is 3.90. The molecule has 152 valence electrons.